The molecule has 1 rings (SSSR count). The van der Waals surface area contributed by atoms with E-state index in [1.54, 1.807) is 30.3 Å². The van der Waals surface area contributed by atoms with Crippen LogP contribution in [0.25, 0.3) is 0 Å². The summed E-state index contributed by atoms with van der Waals surface area (Å²) in [5, 5.41) is 1.57. The first-order valence-corrected chi connectivity index (χ1v) is 5.71. The van der Waals surface area contributed by atoms with Crippen LogP contribution in [0.1, 0.15) is 6.92 Å². The Hall–Kier alpha value is -0.740. The van der Waals surface area contributed by atoms with Crippen molar-refractivity contribution < 1.29 is 8.42 Å². The molecule has 1 aromatic rings. The van der Waals surface area contributed by atoms with Crippen molar-refractivity contribution in [3.8, 4) is 0 Å². The molecule has 0 heterocycles. The van der Waals surface area contributed by atoms with E-state index in [0.717, 1.165) is 0 Å². The molecule has 4 heteroatoms. The fourth-order valence-corrected chi connectivity index (χ4v) is 2.33. The number of sulfone groups is 1. The molecule has 1 unspecified atom stereocenters. The zero-order valence-electron chi connectivity index (χ0n) is 7.10. The van der Waals surface area contributed by atoms with Crippen LogP contribution in [0.4, 0.5) is 0 Å². The van der Waals surface area contributed by atoms with E-state index in [2.05, 4.69) is 17.6 Å². The van der Waals surface area contributed by atoms with Crippen molar-refractivity contribution in [3.63, 3.8) is 0 Å². The summed E-state index contributed by atoms with van der Waals surface area (Å²) in [6, 6.07) is 8.24. The predicted octanol–water partition coefficient (Wildman–Crippen LogP) is 1.73. The third-order valence-electron chi connectivity index (χ3n) is 1.70. The Balaban J connectivity index is 3.16. The van der Waals surface area contributed by atoms with Crippen LogP contribution in [0, 0.1) is 0 Å². The SMILES string of the molecule is CC([C]=S)S(=O)(=O)c1ccccc1. The van der Waals surface area contributed by atoms with Crippen molar-refractivity contribution in [1.82, 2.24) is 0 Å². The minimum absolute atomic E-state index is 0.292. The topological polar surface area (TPSA) is 34.1 Å². The summed E-state index contributed by atoms with van der Waals surface area (Å²) < 4.78 is 23.3. The van der Waals surface area contributed by atoms with Gasteiger partial charge in [-0.2, -0.15) is 0 Å². The Morgan fingerprint density at radius 1 is 1.31 bits per heavy atom. The maximum Gasteiger partial charge on any atom is 0.185 e. The van der Waals surface area contributed by atoms with Crippen molar-refractivity contribution in [3.05, 3.63) is 30.3 Å². The number of rotatable bonds is 3. The number of thiocarbonyl (C=S) groups is 1. The van der Waals surface area contributed by atoms with E-state index >= 15 is 0 Å². The fourth-order valence-electron chi connectivity index (χ4n) is 0.878. The summed E-state index contributed by atoms with van der Waals surface area (Å²) in [6.45, 7) is 1.52. The van der Waals surface area contributed by atoms with Gasteiger partial charge in [-0.05, 0) is 19.1 Å². The number of benzene rings is 1. The van der Waals surface area contributed by atoms with E-state index in [0.29, 0.717) is 4.90 Å². The highest BCUT2D eigenvalue weighted by atomic mass is 32.2. The van der Waals surface area contributed by atoms with Crippen molar-refractivity contribution in [2.24, 2.45) is 0 Å². The molecular formula is C9H9O2S2. The van der Waals surface area contributed by atoms with Gasteiger partial charge >= 0.3 is 0 Å². The summed E-state index contributed by atoms with van der Waals surface area (Å²) in [4.78, 5) is 0.292. The molecule has 69 valence electrons. The van der Waals surface area contributed by atoms with Gasteiger partial charge < -0.3 is 0 Å². The number of hydrogen-bond acceptors (Lipinski definition) is 3. The normalized spacial score (nSPS) is 13.6. The van der Waals surface area contributed by atoms with Crippen molar-refractivity contribution >= 4 is 27.4 Å². The van der Waals surface area contributed by atoms with E-state index < -0.39 is 15.1 Å². The van der Waals surface area contributed by atoms with Crippen molar-refractivity contribution in [2.45, 2.75) is 17.1 Å². The van der Waals surface area contributed by atoms with Crippen LogP contribution in [0.2, 0.25) is 0 Å². The zero-order chi connectivity index (χ0) is 9.90. The Morgan fingerprint density at radius 3 is 2.31 bits per heavy atom. The average molecular weight is 213 g/mol. The zero-order valence-corrected chi connectivity index (χ0v) is 8.73. The Bertz CT molecular complexity index is 381. The molecule has 0 N–H and O–H groups in total. The quantitative estimate of drug-likeness (QED) is 0.717. The number of hydrogen-bond donors (Lipinski definition) is 0. The highest BCUT2D eigenvalue weighted by Gasteiger charge is 2.20. The van der Waals surface area contributed by atoms with Crippen LogP contribution < -0.4 is 0 Å². The predicted molar refractivity (Wildman–Crippen MR) is 55.7 cm³/mol. The first-order valence-electron chi connectivity index (χ1n) is 3.75. The van der Waals surface area contributed by atoms with Crippen LogP contribution in [0.3, 0.4) is 0 Å². The van der Waals surface area contributed by atoms with Crippen LogP contribution >= 0.6 is 12.2 Å². The highest BCUT2D eigenvalue weighted by molar-refractivity contribution is 7.94. The molecule has 1 atom stereocenters. The van der Waals surface area contributed by atoms with E-state index in [4.69, 9.17) is 0 Å². The molecule has 2 nitrogen and oxygen atoms in total. The average Bonchev–Trinajstić information content (AvgIpc) is 2.18. The molecule has 1 radical (unpaired) electrons. The maximum absolute atomic E-state index is 11.6. The molecule has 13 heavy (non-hydrogen) atoms. The van der Waals surface area contributed by atoms with Gasteiger partial charge in [0.15, 0.2) is 9.84 Å². The summed E-state index contributed by atoms with van der Waals surface area (Å²) in [7, 11) is -3.30. The molecule has 0 aliphatic heterocycles. The van der Waals surface area contributed by atoms with Gasteiger partial charge in [-0.25, -0.2) is 8.42 Å². The summed E-state index contributed by atoms with van der Waals surface area (Å²) >= 11 is 4.49. The van der Waals surface area contributed by atoms with Crippen molar-refractivity contribution in [2.75, 3.05) is 0 Å². The lowest BCUT2D eigenvalue weighted by Crippen LogP contribution is -2.18. The molecule has 0 spiro atoms. The standard InChI is InChI=1S/C9H9O2S2/c1-8(7-12)13(10,11)9-5-3-2-4-6-9/h2-6,8H,1H3. The second-order valence-corrected chi connectivity index (χ2v) is 5.12. The minimum Gasteiger partial charge on any atom is -0.223 e. The molecule has 0 saturated heterocycles. The fraction of sp³-hybridized carbons (Fsp3) is 0.222. The second kappa shape index (κ2) is 3.98. The largest absolute Gasteiger partial charge is 0.223 e. The lowest BCUT2D eigenvalue weighted by atomic mass is 10.4. The minimum atomic E-state index is -3.30. The Labute approximate surface area is 83.5 Å². The van der Waals surface area contributed by atoms with Gasteiger partial charge in [0.25, 0.3) is 0 Å². The van der Waals surface area contributed by atoms with Gasteiger partial charge in [0.2, 0.25) is 0 Å². The monoisotopic (exact) mass is 213 g/mol. The summed E-state index contributed by atoms with van der Waals surface area (Å²) in [6.07, 6.45) is 0. The molecule has 0 fully saturated rings. The smallest absolute Gasteiger partial charge is 0.185 e. The molecule has 0 aromatic heterocycles. The molecule has 0 saturated carbocycles. The highest BCUT2D eigenvalue weighted by Crippen LogP contribution is 2.13. The maximum atomic E-state index is 11.6. The Kier molecular flexibility index (Phi) is 3.17. The third-order valence-corrected chi connectivity index (χ3v) is 4.18. The van der Waals surface area contributed by atoms with Crippen LogP contribution in [0.15, 0.2) is 35.2 Å². The molecule has 0 aliphatic carbocycles. The van der Waals surface area contributed by atoms with Crippen LogP contribution in [-0.4, -0.2) is 19.0 Å². The van der Waals surface area contributed by atoms with Gasteiger partial charge in [-0.15, -0.1) is 0 Å². The molecular weight excluding hydrogens is 204 g/mol. The van der Waals surface area contributed by atoms with Crippen LogP contribution in [0.5, 0.6) is 0 Å². The molecule has 0 aliphatic rings. The van der Waals surface area contributed by atoms with Gasteiger partial charge in [0, 0.05) is 5.37 Å². The summed E-state index contributed by atoms with van der Waals surface area (Å²) in [5.74, 6) is 0. The molecule has 0 bridgehead atoms. The molecule has 0 amide bonds. The van der Waals surface area contributed by atoms with E-state index in [1.165, 1.54) is 6.92 Å². The van der Waals surface area contributed by atoms with E-state index in [1.807, 2.05) is 0 Å². The van der Waals surface area contributed by atoms with Crippen molar-refractivity contribution in [1.29, 1.82) is 0 Å². The summed E-state index contributed by atoms with van der Waals surface area (Å²) in [5.41, 5.74) is 0. The van der Waals surface area contributed by atoms with Gasteiger partial charge in [0.05, 0.1) is 10.1 Å². The third kappa shape index (κ3) is 2.14. The lowest BCUT2D eigenvalue weighted by Gasteiger charge is -2.06. The second-order valence-electron chi connectivity index (χ2n) is 2.62. The first kappa shape index (κ1) is 10.3. The van der Waals surface area contributed by atoms with Crippen LogP contribution in [-0.2, 0) is 9.84 Å². The van der Waals surface area contributed by atoms with Gasteiger partial charge in [0.1, 0.15) is 0 Å². The van der Waals surface area contributed by atoms with E-state index in [9.17, 15) is 8.42 Å². The van der Waals surface area contributed by atoms with E-state index in [-0.39, 0.29) is 0 Å². The first-order chi connectivity index (χ1) is 6.09. The molecule has 1 aromatic carbocycles. The van der Waals surface area contributed by atoms with Gasteiger partial charge in [-0.1, -0.05) is 30.4 Å². The lowest BCUT2D eigenvalue weighted by molar-refractivity contribution is 0.594. The Morgan fingerprint density at radius 2 is 1.85 bits per heavy atom. The van der Waals surface area contributed by atoms with Gasteiger partial charge in [-0.3, -0.25) is 0 Å².